The van der Waals surface area contributed by atoms with E-state index in [1.54, 1.807) is 43.5 Å². The molecule has 0 bridgehead atoms. The van der Waals surface area contributed by atoms with E-state index in [9.17, 15) is 18.0 Å². The monoisotopic (exact) mass is 579 g/mol. The van der Waals surface area contributed by atoms with Gasteiger partial charge in [-0.05, 0) is 75.1 Å². The summed E-state index contributed by atoms with van der Waals surface area (Å²) < 4.78 is 34.4. The molecule has 0 spiro atoms. The Hall–Kier alpha value is -3.85. The molecule has 3 rings (SSSR count). The van der Waals surface area contributed by atoms with Crippen molar-refractivity contribution >= 4 is 27.5 Å². The van der Waals surface area contributed by atoms with Crippen LogP contribution in [-0.4, -0.2) is 50.9 Å². The molecule has 2 unspecified atom stereocenters. The molecule has 0 aliphatic heterocycles. The minimum atomic E-state index is -4.11. The zero-order valence-corrected chi connectivity index (χ0v) is 25.6. The summed E-state index contributed by atoms with van der Waals surface area (Å²) in [5, 5.41) is 2.99. The van der Waals surface area contributed by atoms with Crippen molar-refractivity contribution in [1.82, 2.24) is 10.2 Å². The van der Waals surface area contributed by atoms with E-state index in [1.807, 2.05) is 58.9 Å². The van der Waals surface area contributed by atoms with Crippen molar-refractivity contribution in [3.8, 4) is 5.75 Å². The van der Waals surface area contributed by atoms with Gasteiger partial charge >= 0.3 is 0 Å². The predicted octanol–water partition coefficient (Wildman–Crippen LogP) is 5.23. The molecular formula is C32H41N3O5S. The maximum absolute atomic E-state index is 14.2. The third-order valence-corrected chi connectivity index (χ3v) is 8.90. The van der Waals surface area contributed by atoms with Crippen molar-refractivity contribution in [2.45, 2.75) is 71.0 Å². The number of aryl methyl sites for hydroxylation is 2. The number of methoxy groups -OCH3 is 1. The van der Waals surface area contributed by atoms with Crippen molar-refractivity contribution in [1.29, 1.82) is 0 Å². The van der Waals surface area contributed by atoms with E-state index >= 15 is 0 Å². The molecule has 0 saturated heterocycles. The molecule has 0 fully saturated rings. The van der Waals surface area contributed by atoms with Gasteiger partial charge in [0.15, 0.2) is 0 Å². The number of amides is 2. The van der Waals surface area contributed by atoms with Gasteiger partial charge in [-0.1, -0.05) is 61.9 Å². The van der Waals surface area contributed by atoms with E-state index in [-0.39, 0.29) is 23.4 Å². The number of sulfonamides is 1. The van der Waals surface area contributed by atoms with Crippen LogP contribution in [0.25, 0.3) is 0 Å². The largest absolute Gasteiger partial charge is 0.497 e. The SMILES string of the molecule is CCC(C)NC(=O)C(CC)N(Cc1ccc(OC)cc1)C(=O)CN(c1ccc(C)cc1C)S(=O)(=O)c1ccccc1. The average Bonchev–Trinajstić information content (AvgIpc) is 2.96. The van der Waals surface area contributed by atoms with Gasteiger partial charge in [0, 0.05) is 12.6 Å². The molecule has 1 N–H and O–H groups in total. The second kappa shape index (κ2) is 14.2. The summed E-state index contributed by atoms with van der Waals surface area (Å²) in [6.07, 6.45) is 1.10. The van der Waals surface area contributed by atoms with Crippen molar-refractivity contribution < 1.29 is 22.7 Å². The third-order valence-electron chi connectivity index (χ3n) is 7.13. The van der Waals surface area contributed by atoms with Crippen LogP contribution in [0.3, 0.4) is 0 Å². The molecule has 3 aromatic rings. The van der Waals surface area contributed by atoms with Crippen LogP contribution >= 0.6 is 0 Å². The summed E-state index contributed by atoms with van der Waals surface area (Å²) in [4.78, 5) is 29.1. The van der Waals surface area contributed by atoms with Crippen LogP contribution in [0.5, 0.6) is 5.75 Å². The molecule has 0 aliphatic carbocycles. The quantitative estimate of drug-likeness (QED) is 0.299. The van der Waals surface area contributed by atoms with Crippen LogP contribution in [0, 0.1) is 13.8 Å². The fourth-order valence-corrected chi connectivity index (χ4v) is 6.11. The van der Waals surface area contributed by atoms with Crippen molar-refractivity contribution in [2.75, 3.05) is 18.0 Å². The minimum Gasteiger partial charge on any atom is -0.497 e. The number of anilines is 1. The van der Waals surface area contributed by atoms with Gasteiger partial charge in [0.1, 0.15) is 18.3 Å². The number of benzene rings is 3. The number of carbonyl (C=O) groups excluding carboxylic acids is 2. The van der Waals surface area contributed by atoms with E-state index in [0.717, 1.165) is 27.4 Å². The van der Waals surface area contributed by atoms with E-state index in [0.29, 0.717) is 17.9 Å². The lowest BCUT2D eigenvalue weighted by atomic mass is 10.1. The molecule has 0 aromatic heterocycles. The van der Waals surface area contributed by atoms with Crippen LogP contribution in [0.2, 0.25) is 0 Å². The molecule has 0 saturated carbocycles. The number of carbonyl (C=O) groups is 2. The van der Waals surface area contributed by atoms with Gasteiger partial charge in [-0.15, -0.1) is 0 Å². The molecule has 3 aromatic carbocycles. The molecule has 2 amide bonds. The highest BCUT2D eigenvalue weighted by Crippen LogP contribution is 2.28. The van der Waals surface area contributed by atoms with Crippen molar-refractivity contribution in [3.05, 3.63) is 89.5 Å². The number of nitrogens with zero attached hydrogens (tertiary/aromatic N) is 2. The van der Waals surface area contributed by atoms with Crippen LogP contribution in [0.4, 0.5) is 5.69 Å². The second-order valence-electron chi connectivity index (χ2n) is 10.2. The molecular weight excluding hydrogens is 538 g/mol. The lowest BCUT2D eigenvalue weighted by Gasteiger charge is -2.34. The standard InChI is InChI=1S/C32H41N3O5S/c1-7-25(5)33-32(37)29(8-2)34(21-26-15-17-27(40-6)18-16-26)31(36)22-35(30-19-14-23(3)20-24(30)4)41(38,39)28-12-10-9-11-13-28/h9-20,25,29H,7-8,21-22H2,1-6H3,(H,33,37). The Kier molecular flexibility index (Phi) is 10.9. The van der Waals surface area contributed by atoms with Gasteiger partial charge < -0.3 is 15.0 Å². The zero-order valence-electron chi connectivity index (χ0n) is 24.8. The Labute approximate surface area is 244 Å². The zero-order chi connectivity index (χ0) is 30.2. The lowest BCUT2D eigenvalue weighted by Crippen LogP contribution is -2.53. The number of rotatable bonds is 13. The van der Waals surface area contributed by atoms with E-state index < -0.39 is 28.5 Å². The molecule has 0 heterocycles. The number of hydrogen-bond donors (Lipinski definition) is 1. The average molecular weight is 580 g/mol. The normalized spacial score (nSPS) is 12.7. The molecule has 220 valence electrons. The van der Waals surface area contributed by atoms with E-state index in [4.69, 9.17) is 4.74 Å². The topological polar surface area (TPSA) is 96.0 Å². The number of ether oxygens (including phenoxy) is 1. The Bertz CT molecular complexity index is 1430. The van der Waals surface area contributed by atoms with E-state index in [2.05, 4.69) is 5.32 Å². The van der Waals surface area contributed by atoms with E-state index in [1.165, 1.54) is 17.0 Å². The van der Waals surface area contributed by atoms with Crippen LogP contribution in [-0.2, 0) is 26.2 Å². The highest BCUT2D eigenvalue weighted by Gasteiger charge is 2.34. The third kappa shape index (κ3) is 7.88. The maximum atomic E-state index is 14.2. The Balaban J connectivity index is 2.07. The first-order chi connectivity index (χ1) is 19.5. The highest BCUT2D eigenvalue weighted by molar-refractivity contribution is 7.92. The number of hydrogen-bond acceptors (Lipinski definition) is 5. The first-order valence-electron chi connectivity index (χ1n) is 13.9. The maximum Gasteiger partial charge on any atom is 0.264 e. The summed E-state index contributed by atoms with van der Waals surface area (Å²) in [5.74, 6) is -0.0812. The van der Waals surface area contributed by atoms with Gasteiger partial charge in [0.25, 0.3) is 10.0 Å². The van der Waals surface area contributed by atoms with Gasteiger partial charge in [0.2, 0.25) is 11.8 Å². The molecule has 9 heteroatoms. The Morgan fingerprint density at radius 2 is 1.59 bits per heavy atom. The summed E-state index contributed by atoms with van der Waals surface area (Å²) in [7, 11) is -2.53. The first-order valence-corrected chi connectivity index (χ1v) is 15.3. The van der Waals surface area contributed by atoms with Crippen molar-refractivity contribution in [3.63, 3.8) is 0 Å². The van der Waals surface area contributed by atoms with Gasteiger partial charge in [-0.2, -0.15) is 0 Å². The summed E-state index contributed by atoms with van der Waals surface area (Å²) in [5.41, 5.74) is 2.90. The smallest absolute Gasteiger partial charge is 0.264 e. The van der Waals surface area contributed by atoms with Gasteiger partial charge in [0.05, 0.1) is 17.7 Å². The molecule has 0 radical (unpaired) electrons. The Morgan fingerprint density at radius 1 is 0.927 bits per heavy atom. The minimum absolute atomic E-state index is 0.0698. The van der Waals surface area contributed by atoms with Crippen molar-refractivity contribution in [2.24, 2.45) is 0 Å². The van der Waals surface area contributed by atoms with Crippen LogP contribution in [0.15, 0.2) is 77.7 Å². The summed E-state index contributed by atoms with van der Waals surface area (Å²) in [6, 6.07) is 19.9. The summed E-state index contributed by atoms with van der Waals surface area (Å²) in [6.45, 7) is 9.14. The predicted molar refractivity (Wildman–Crippen MR) is 162 cm³/mol. The fourth-order valence-electron chi connectivity index (χ4n) is 4.61. The number of nitrogens with one attached hydrogen (secondary N) is 1. The highest BCUT2D eigenvalue weighted by atomic mass is 32.2. The molecule has 2 atom stereocenters. The second-order valence-corrected chi connectivity index (χ2v) is 12.1. The lowest BCUT2D eigenvalue weighted by molar-refractivity contribution is -0.140. The fraction of sp³-hybridized carbons (Fsp3) is 0.375. The van der Waals surface area contributed by atoms with Crippen LogP contribution < -0.4 is 14.4 Å². The first kappa shape index (κ1) is 31.7. The van der Waals surface area contributed by atoms with Gasteiger partial charge in [-0.3, -0.25) is 13.9 Å². The molecule has 41 heavy (non-hydrogen) atoms. The van der Waals surface area contributed by atoms with Gasteiger partial charge in [-0.25, -0.2) is 8.42 Å². The molecule has 0 aliphatic rings. The Morgan fingerprint density at radius 3 is 2.15 bits per heavy atom. The van der Waals surface area contributed by atoms with Crippen LogP contribution in [0.1, 0.15) is 50.3 Å². The molecule has 8 nitrogen and oxygen atoms in total. The summed E-state index contributed by atoms with van der Waals surface area (Å²) >= 11 is 0.